The molecule has 0 aliphatic carbocycles. The van der Waals surface area contributed by atoms with E-state index in [1.807, 2.05) is 0 Å². The summed E-state index contributed by atoms with van der Waals surface area (Å²) in [6.45, 7) is 8.01. The van der Waals surface area contributed by atoms with Crippen LogP contribution in [0.4, 0.5) is 4.79 Å². The number of aromatic hydroxyl groups is 1. The molecule has 2 aliphatic heterocycles. The van der Waals surface area contributed by atoms with E-state index in [4.69, 9.17) is 32.8 Å². The summed E-state index contributed by atoms with van der Waals surface area (Å²) in [5.74, 6) is -12.5. The molecule has 0 aromatic heterocycles. The second-order valence-electron chi connectivity index (χ2n) is 23.6. The van der Waals surface area contributed by atoms with Gasteiger partial charge in [-0.05, 0) is 80.5 Å². The Balaban J connectivity index is 1.63. The molecule has 0 unspecified atom stereocenters. The van der Waals surface area contributed by atoms with Crippen molar-refractivity contribution in [1.29, 1.82) is 0 Å². The maximum Gasteiger partial charge on any atom is 0.407 e. The lowest BCUT2D eigenvalue weighted by Crippen LogP contribution is -2.61. The number of guanidine groups is 1. The lowest BCUT2D eigenvalue weighted by Gasteiger charge is -2.34. The first-order valence-corrected chi connectivity index (χ1v) is 31.9. The second kappa shape index (κ2) is 39.7. The number of rotatable bonds is 40. The molecule has 2 fully saturated rings. The van der Waals surface area contributed by atoms with Crippen LogP contribution in [-0.4, -0.2) is 213 Å². The molecule has 20 N–H and O–H groups in total. The van der Waals surface area contributed by atoms with Crippen molar-refractivity contribution >= 4 is 83.1 Å². The minimum absolute atomic E-state index is 0.00710. The summed E-state index contributed by atoms with van der Waals surface area (Å²) in [5, 5.41) is 60.5. The fourth-order valence-corrected chi connectivity index (χ4v) is 10.7. The largest absolute Gasteiger partial charge is 0.508 e. The number of aliphatic imine (C=N–C) groups is 1. The van der Waals surface area contributed by atoms with Crippen LogP contribution in [0.15, 0.2) is 72.2 Å². The monoisotopic (exact) mass is 1350 g/mol. The van der Waals surface area contributed by atoms with Crippen molar-refractivity contribution in [2.24, 2.45) is 33.8 Å². The summed E-state index contributed by atoms with van der Waals surface area (Å²) < 4.78 is 4.86. The van der Waals surface area contributed by atoms with E-state index in [0.29, 0.717) is 24.0 Å². The van der Waals surface area contributed by atoms with Crippen LogP contribution in [0.25, 0.3) is 0 Å². The standard InChI is InChI=1S/C63H93N15O18/c1-5-13-41(53(85)73-44(61(93)94)23-25-50(82)83)72-58(90)51(35(4)7-3)76-57(89)48-33-39(80)34-78(48)60(92)47-17-12-29-77(47)59(91)46(32-36-14-9-8-10-15-36)75-56(88)45(31-37-18-20-38(79)21-19-37)74-55(87)43(22-24-49(65)81)71-54(86)42(16-11-27-68-62(66)67)70-52(84)40(64)26-28-69-63(95)96-30-6-2/h6,8-10,14-15,18-21,35,39-48,51,79-80H,2,5,7,11-13,16-17,22-34,64H2,1,3-4H3,(H2,65,81)(H,69,95)(H,70,84)(H,71,86)(H,72,90)(H,73,85)(H,74,87)(H,75,88)(H,76,89)(H,82,83)(H,93,94)(H4,66,67,68)/t35-,39+,40-,41-,42-,43-,44-,45-,46-,47-,48-,51-/m0/s1. The third-order valence-electron chi connectivity index (χ3n) is 16.1. The average molecular weight is 1350 g/mol. The number of β-amino-alcohol motifs (C(OH)–C–C–N with tert-alkyl or cyclic N) is 1. The fourth-order valence-electron chi connectivity index (χ4n) is 10.7. The number of aliphatic carboxylic acids is 2. The zero-order valence-corrected chi connectivity index (χ0v) is 54.2. The first-order valence-electron chi connectivity index (χ1n) is 31.9. The predicted octanol–water partition coefficient (Wildman–Crippen LogP) is -2.73. The van der Waals surface area contributed by atoms with Crippen molar-refractivity contribution in [3.63, 3.8) is 0 Å². The number of primary amides is 1. The SMILES string of the molecule is C=CCOC(=O)NCC[C@H](N)C(=O)N[C@@H](CCCN=C(N)N)C(=O)N[C@@H](CCC(N)=O)C(=O)N[C@@H](Cc1ccc(O)cc1)C(=O)N[C@@H](Cc1ccccc1)C(=O)N1CCC[C@H]1C(=O)N1C[C@H](O)C[C@H]1C(=O)N[C@H](C(=O)N[C@@H](CCC)C(=O)N[C@@H](CCC(=O)O)C(=O)O)[C@@H](C)CC. The van der Waals surface area contributed by atoms with E-state index in [2.05, 4.69) is 54.1 Å². The summed E-state index contributed by atoms with van der Waals surface area (Å²) in [6, 6.07) is -0.166. The quantitative estimate of drug-likeness (QED) is 0.0139. The average Bonchev–Trinajstić information content (AvgIpc) is 1.62. The van der Waals surface area contributed by atoms with Gasteiger partial charge in [0.15, 0.2) is 5.96 Å². The summed E-state index contributed by atoms with van der Waals surface area (Å²) in [7, 11) is 0. The van der Waals surface area contributed by atoms with Gasteiger partial charge in [-0.2, -0.15) is 0 Å². The molecule has 12 atom stereocenters. The molecule has 2 heterocycles. The van der Waals surface area contributed by atoms with Crippen LogP contribution < -0.4 is 65.5 Å². The number of nitrogens with one attached hydrogen (secondary N) is 8. The number of hydrogen-bond donors (Lipinski definition) is 16. The van der Waals surface area contributed by atoms with Crippen molar-refractivity contribution < 1.29 is 87.5 Å². The zero-order valence-electron chi connectivity index (χ0n) is 54.2. The first-order chi connectivity index (χ1) is 45.6. The van der Waals surface area contributed by atoms with E-state index in [1.54, 1.807) is 51.1 Å². The number of nitrogens with two attached hydrogens (primary N) is 4. The molecule has 33 heteroatoms. The number of likely N-dealkylation sites (tertiary alicyclic amines) is 2. The highest BCUT2D eigenvalue weighted by atomic mass is 16.5. The van der Waals surface area contributed by atoms with Crippen molar-refractivity contribution in [3.05, 3.63) is 78.4 Å². The molecule has 33 nitrogen and oxygen atoms in total. The third-order valence-corrected chi connectivity index (χ3v) is 16.1. The Morgan fingerprint density at radius 2 is 1.24 bits per heavy atom. The van der Waals surface area contributed by atoms with Crippen molar-refractivity contribution in [3.8, 4) is 5.75 Å². The Hall–Kier alpha value is -9.92. The Kier molecular flexibility index (Phi) is 32.5. The number of carbonyl (C=O) groups is 13. The molecule has 2 aliphatic rings. The predicted molar refractivity (Wildman–Crippen MR) is 346 cm³/mol. The van der Waals surface area contributed by atoms with E-state index >= 15 is 4.79 Å². The molecule has 0 radical (unpaired) electrons. The molecule has 0 bridgehead atoms. The normalized spacial score (nSPS) is 17.7. The van der Waals surface area contributed by atoms with E-state index < -0.39 is 175 Å². The van der Waals surface area contributed by atoms with Crippen LogP contribution in [0.5, 0.6) is 5.75 Å². The fraction of sp³-hybridized carbons (Fsp3) is 0.556. The molecule has 2 aromatic rings. The number of carboxylic acids is 2. The van der Waals surface area contributed by atoms with E-state index in [9.17, 15) is 72.9 Å². The lowest BCUT2D eigenvalue weighted by atomic mass is 9.96. The van der Waals surface area contributed by atoms with Crippen LogP contribution >= 0.6 is 0 Å². The summed E-state index contributed by atoms with van der Waals surface area (Å²) in [6.07, 6.45) is -2.41. The van der Waals surface area contributed by atoms with Crippen molar-refractivity contribution in [2.75, 3.05) is 32.8 Å². The second-order valence-corrected chi connectivity index (χ2v) is 23.6. The molecule has 2 aromatic carbocycles. The molecule has 11 amide bonds. The maximum atomic E-state index is 15.2. The molecular formula is C63H93N15O18. The van der Waals surface area contributed by atoms with Gasteiger partial charge in [0, 0.05) is 58.3 Å². The van der Waals surface area contributed by atoms with Gasteiger partial charge in [-0.15, -0.1) is 0 Å². The van der Waals surface area contributed by atoms with Gasteiger partial charge in [0.05, 0.1) is 12.1 Å². The van der Waals surface area contributed by atoms with Crippen LogP contribution in [0.3, 0.4) is 0 Å². The van der Waals surface area contributed by atoms with Crippen LogP contribution in [0.1, 0.15) is 115 Å². The molecule has 2 saturated heterocycles. The third kappa shape index (κ3) is 25.8. The Bertz CT molecular complexity index is 3060. The minimum Gasteiger partial charge on any atom is -0.508 e. The lowest BCUT2D eigenvalue weighted by molar-refractivity contribution is -0.148. The Labute approximate surface area is 555 Å². The number of hydrogen-bond acceptors (Lipinski definition) is 18. The first kappa shape index (κ1) is 78.5. The topological polar surface area (TPSA) is 531 Å². The molecular weight excluding hydrogens is 1250 g/mol. The van der Waals surface area contributed by atoms with Crippen molar-refractivity contribution in [2.45, 2.75) is 184 Å². The highest BCUT2D eigenvalue weighted by molar-refractivity contribution is 5.99. The van der Waals surface area contributed by atoms with Crippen LogP contribution in [0.2, 0.25) is 0 Å². The van der Waals surface area contributed by atoms with Gasteiger partial charge < -0.3 is 100 Å². The van der Waals surface area contributed by atoms with Crippen LogP contribution in [-0.2, 0) is 75.1 Å². The summed E-state index contributed by atoms with van der Waals surface area (Å²) in [5.41, 5.74) is 23.6. The number of amides is 11. The van der Waals surface area contributed by atoms with Gasteiger partial charge >= 0.3 is 18.0 Å². The minimum atomic E-state index is -1.63. The smallest absolute Gasteiger partial charge is 0.407 e. The number of phenolic OH excluding ortho intramolecular Hbond substituents is 1. The molecule has 0 saturated carbocycles. The van der Waals surface area contributed by atoms with Crippen molar-refractivity contribution in [1.82, 2.24) is 52.3 Å². The number of benzene rings is 2. The summed E-state index contributed by atoms with van der Waals surface area (Å²) in [4.78, 5) is 183. The van der Waals surface area contributed by atoms with E-state index in [-0.39, 0.29) is 102 Å². The zero-order chi connectivity index (χ0) is 71.2. The van der Waals surface area contributed by atoms with Gasteiger partial charge in [-0.1, -0.05) is 88.7 Å². The van der Waals surface area contributed by atoms with Gasteiger partial charge in [-0.25, -0.2) is 9.59 Å². The Morgan fingerprint density at radius 3 is 1.84 bits per heavy atom. The number of alkyl carbamates (subject to hydrolysis) is 1. The number of aliphatic hydroxyl groups is 1. The Morgan fingerprint density at radius 1 is 0.677 bits per heavy atom. The highest BCUT2D eigenvalue weighted by Gasteiger charge is 2.47. The van der Waals surface area contributed by atoms with Crippen LogP contribution in [0, 0.1) is 5.92 Å². The molecule has 4 rings (SSSR count). The van der Waals surface area contributed by atoms with Gasteiger partial charge in [0.2, 0.25) is 59.1 Å². The van der Waals surface area contributed by atoms with Gasteiger partial charge in [-0.3, -0.25) is 57.7 Å². The van der Waals surface area contributed by atoms with Gasteiger partial charge in [0.25, 0.3) is 0 Å². The number of carboxylic acid groups (broad SMARTS) is 2. The van der Waals surface area contributed by atoms with E-state index in [1.165, 1.54) is 35.2 Å². The molecule has 0 spiro atoms. The maximum absolute atomic E-state index is 15.2. The number of phenols is 1. The molecule has 528 valence electrons. The summed E-state index contributed by atoms with van der Waals surface area (Å²) >= 11 is 0. The highest BCUT2D eigenvalue weighted by Crippen LogP contribution is 2.27. The van der Waals surface area contributed by atoms with Gasteiger partial charge in [0.1, 0.15) is 66.7 Å². The number of aliphatic hydroxyl groups excluding tert-OH is 1. The van der Waals surface area contributed by atoms with E-state index in [0.717, 1.165) is 4.90 Å². The number of carbonyl (C=O) groups excluding carboxylic acids is 11. The number of ether oxygens (including phenoxy) is 1. The number of nitrogens with zero attached hydrogens (tertiary/aromatic N) is 3. The molecule has 96 heavy (non-hydrogen) atoms.